The second-order valence-electron chi connectivity index (χ2n) is 5.01. The summed E-state index contributed by atoms with van der Waals surface area (Å²) < 4.78 is 0. The smallest absolute Gasteiger partial charge is 0.0511 e. The van der Waals surface area contributed by atoms with Crippen molar-refractivity contribution < 1.29 is 0 Å². The van der Waals surface area contributed by atoms with Crippen LogP contribution in [0.25, 0.3) is 0 Å². The molecular formula is C14H21ClN2S. The van der Waals surface area contributed by atoms with E-state index in [0.717, 1.165) is 10.6 Å². The molecule has 0 amide bonds. The van der Waals surface area contributed by atoms with E-state index in [1.165, 1.54) is 17.9 Å². The van der Waals surface area contributed by atoms with E-state index in [2.05, 4.69) is 24.9 Å². The van der Waals surface area contributed by atoms with Crippen LogP contribution < -0.4 is 5.73 Å². The molecule has 1 heterocycles. The topological polar surface area (TPSA) is 29.3 Å². The highest BCUT2D eigenvalue weighted by Crippen LogP contribution is 2.33. The Morgan fingerprint density at radius 1 is 1.44 bits per heavy atom. The molecule has 0 radical (unpaired) electrons. The van der Waals surface area contributed by atoms with E-state index in [4.69, 9.17) is 17.3 Å². The molecule has 1 aromatic rings. The lowest BCUT2D eigenvalue weighted by atomic mass is 9.98. The zero-order chi connectivity index (χ0) is 13.1. The Morgan fingerprint density at radius 3 is 2.72 bits per heavy atom. The van der Waals surface area contributed by atoms with Crippen LogP contribution in [-0.2, 0) is 0 Å². The van der Waals surface area contributed by atoms with Crippen LogP contribution >= 0.6 is 23.4 Å². The van der Waals surface area contributed by atoms with Crippen LogP contribution in [0.1, 0.15) is 24.9 Å². The molecule has 100 valence electrons. The number of hydrogen-bond acceptors (Lipinski definition) is 3. The average Bonchev–Trinajstić information content (AvgIpc) is 2.85. The fourth-order valence-corrected chi connectivity index (χ4v) is 4.19. The number of halogens is 1. The normalized spacial score (nSPS) is 23.3. The van der Waals surface area contributed by atoms with Gasteiger partial charge in [-0.1, -0.05) is 29.8 Å². The van der Waals surface area contributed by atoms with Crippen molar-refractivity contribution in [3.05, 3.63) is 34.9 Å². The number of nitrogens with two attached hydrogens (primary N) is 1. The summed E-state index contributed by atoms with van der Waals surface area (Å²) in [5, 5.41) is 0.817. The van der Waals surface area contributed by atoms with Gasteiger partial charge in [-0.25, -0.2) is 0 Å². The minimum Gasteiger partial charge on any atom is -0.326 e. The van der Waals surface area contributed by atoms with Crippen molar-refractivity contribution in [3.8, 4) is 0 Å². The first-order valence-corrected chi connectivity index (χ1v) is 7.94. The van der Waals surface area contributed by atoms with Crippen LogP contribution in [0.15, 0.2) is 24.3 Å². The molecule has 1 aliphatic rings. The largest absolute Gasteiger partial charge is 0.326 e. The minimum atomic E-state index is 0.0699. The molecule has 1 aliphatic heterocycles. The number of likely N-dealkylation sites (N-methyl/N-ethyl adjacent to an activating group) is 1. The van der Waals surface area contributed by atoms with Gasteiger partial charge in [-0.2, -0.15) is 11.8 Å². The number of hydrogen-bond donors (Lipinski definition) is 1. The van der Waals surface area contributed by atoms with Crippen LogP contribution in [0.5, 0.6) is 0 Å². The molecule has 1 saturated heterocycles. The van der Waals surface area contributed by atoms with E-state index < -0.39 is 0 Å². The summed E-state index contributed by atoms with van der Waals surface area (Å²) in [4.78, 5) is 2.41. The molecule has 2 rings (SSSR count). The van der Waals surface area contributed by atoms with Gasteiger partial charge in [0.05, 0.1) is 6.04 Å². The van der Waals surface area contributed by atoms with Gasteiger partial charge in [-0.05, 0) is 37.8 Å². The molecule has 4 heteroatoms. The fraction of sp³-hybridized carbons (Fsp3) is 0.571. The Kier molecular flexibility index (Phi) is 4.96. The van der Waals surface area contributed by atoms with Gasteiger partial charge in [-0.3, -0.25) is 4.90 Å². The quantitative estimate of drug-likeness (QED) is 0.921. The molecule has 0 aromatic heterocycles. The van der Waals surface area contributed by atoms with Gasteiger partial charge in [0.15, 0.2) is 0 Å². The van der Waals surface area contributed by atoms with E-state index in [9.17, 15) is 0 Å². The van der Waals surface area contributed by atoms with Crippen molar-refractivity contribution in [3.63, 3.8) is 0 Å². The van der Waals surface area contributed by atoms with E-state index in [-0.39, 0.29) is 12.1 Å². The Labute approximate surface area is 119 Å². The third kappa shape index (κ3) is 3.02. The molecule has 0 saturated carbocycles. The SMILES string of the molecule is CC(N)C(c1ccccc1Cl)N(C)C1CCSC1. The van der Waals surface area contributed by atoms with Crippen molar-refractivity contribution in [1.29, 1.82) is 0 Å². The van der Waals surface area contributed by atoms with E-state index in [0.29, 0.717) is 6.04 Å². The van der Waals surface area contributed by atoms with Gasteiger partial charge in [0.1, 0.15) is 0 Å². The van der Waals surface area contributed by atoms with E-state index in [1.807, 2.05) is 30.0 Å². The summed E-state index contributed by atoms with van der Waals surface area (Å²) >= 11 is 8.35. The molecule has 0 aliphatic carbocycles. The second-order valence-corrected chi connectivity index (χ2v) is 6.57. The molecule has 1 fully saturated rings. The molecule has 0 spiro atoms. The number of benzene rings is 1. The fourth-order valence-electron chi connectivity index (χ4n) is 2.66. The van der Waals surface area contributed by atoms with Crippen LogP contribution in [0.4, 0.5) is 0 Å². The molecule has 2 N–H and O–H groups in total. The molecule has 0 bridgehead atoms. The highest BCUT2D eigenvalue weighted by atomic mass is 35.5. The summed E-state index contributed by atoms with van der Waals surface area (Å²) in [6.07, 6.45) is 1.24. The standard InChI is InChI=1S/C14H21ClN2S/c1-10(16)14(12-5-3-4-6-13(12)15)17(2)11-7-8-18-9-11/h3-6,10-11,14H,7-9,16H2,1-2H3. The zero-order valence-electron chi connectivity index (χ0n) is 11.0. The maximum absolute atomic E-state index is 6.33. The summed E-state index contributed by atoms with van der Waals surface area (Å²) in [5.74, 6) is 2.45. The predicted octanol–water partition coefficient (Wildman–Crippen LogP) is 3.17. The van der Waals surface area contributed by atoms with Crippen LogP contribution in [0, 0.1) is 0 Å². The van der Waals surface area contributed by atoms with Gasteiger partial charge < -0.3 is 5.73 Å². The van der Waals surface area contributed by atoms with Crippen LogP contribution in [-0.4, -0.2) is 35.5 Å². The highest BCUT2D eigenvalue weighted by Gasteiger charge is 2.30. The molecule has 2 nitrogen and oxygen atoms in total. The Morgan fingerprint density at radius 2 is 2.17 bits per heavy atom. The number of thioether (sulfide) groups is 1. The van der Waals surface area contributed by atoms with Gasteiger partial charge in [0.25, 0.3) is 0 Å². The van der Waals surface area contributed by atoms with Crippen molar-refractivity contribution >= 4 is 23.4 Å². The second kappa shape index (κ2) is 6.29. The number of rotatable bonds is 4. The van der Waals surface area contributed by atoms with Crippen LogP contribution in [0.3, 0.4) is 0 Å². The van der Waals surface area contributed by atoms with E-state index >= 15 is 0 Å². The summed E-state index contributed by atoms with van der Waals surface area (Å²) in [7, 11) is 2.17. The Hall–Kier alpha value is -0.220. The maximum Gasteiger partial charge on any atom is 0.0511 e. The zero-order valence-corrected chi connectivity index (χ0v) is 12.5. The maximum atomic E-state index is 6.33. The third-order valence-electron chi connectivity index (χ3n) is 3.64. The lowest BCUT2D eigenvalue weighted by Crippen LogP contribution is -2.43. The molecule has 3 unspecified atom stereocenters. The first-order valence-electron chi connectivity index (χ1n) is 6.41. The summed E-state index contributed by atoms with van der Waals surface area (Å²) in [5.41, 5.74) is 7.35. The van der Waals surface area contributed by atoms with E-state index in [1.54, 1.807) is 0 Å². The molecular weight excluding hydrogens is 264 g/mol. The summed E-state index contributed by atoms with van der Waals surface area (Å²) in [6, 6.07) is 8.92. The molecule has 18 heavy (non-hydrogen) atoms. The van der Waals surface area contributed by atoms with Crippen molar-refractivity contribution in [1.82, 2.24) is 4.90 Å². The number of nitrogens with zero attached hydrogens (tertiary/aromatic N) is 1. The first kappa shape index (κ1) is 14.2. The molecule has 3 atom stereocenters. The summed E-state index contributed by atoms with van der Waals surface area (Å²) in [6.45, 7) is 2.06. The molecule has 1 aromatic carbocycles. The Balaban J connectivity index is 2.25. The average molecular weight is 285 g/mol. The van der Waals surface area contributed by atoms with Gasteiger partial charge in [-0.15, -0.1) is 0 Å². The first-order chi connectivity index (χ1) is 8.61. The van der Waals surface area contributed by atoms with Crippen molar-refractivity contribution in [2.75, 3.05) is 18.6 Å². The van der Waals surface area contributed by atoms with Gasteiger partial charge in [0, 0.05) is 22.9 Å². The van der Waals surface area contributed by atoms with Crippen LogP contribution in [0.2, 0.25) is 5.02 Å². The lowest BCUT2D eigenvalue weighted by molar-refractivity contribution is 0.168. The van der Waals surface area contributed by atoms with Crippen molar-refractivity contribution in [2.45, 2.75) is 31.5 Å². The lowest BCUT2D eigenvalue weighted by Gasteiger charge is -2.36. The third-order valence-corrected chi connectivity index (χ3v) is 5.13. The highest BCUT2D eigenvalue weighted by molar-refractivity contribution is 7.99. The van der Waals surface area contributed by atoms with Gasteiger partial charge >= 0.3 is 0 Å². The monoisotopic (exact) mass is 284 g/mol. The Bertz CT molecular complexity index is 391. The predicted molar refractivity (Wildman–Crippen MR) is 81.3 cm³/mol. The van der Waals surface area contributed by atoms with Crippen molar-refractivity contribution in [2.24, 2.45) is 5.73 Å². The minimum absolute atomic E-state index is 0.0699. The van der Waals surface area contributed by atoms with Gasteiger partial charge in [0.2, 0.25) is 0 Å².